The number of hydrogen-bond donors (Lipinski definition) is 0. The highest BCUT2D eigenvalue weighted by molar-refractivity contribution is 6.85. The van der Waals surface area contributed by atoms with Gasteiger partial charge in [-0.25, -0.2) is 0 Å². The molecule has 0 aromatic rings. The van der Waals surface area contributed by atoms with Gasteiger partial charge in [0.15, 0.2) is 0 Å². The first kappa shape index (κ1) is 38.4. The van der Waals surface area contributed by atoms with Gasteiger partial charge in [-0.3, -0.25) is 0 Å². The van der Waals surface area contributed by atoms with Gasteiger partial charge in [-0.1, -0.05) is 41.5 Å². The van der Waals surface area contributed by atoms with Crippen LogP contribution in [0.25, 0.3) is 0 Å². The molecule has 0 radical (unpaired) electrons. The summed E-state index contributed by atoms with van der Waals surface area (Å²) in [5.74, 6) is 0. The fourth-order valence-corrected chi connectivity index (χ4v) is 19.3. The Hall–Kier alpha value is 0.371. The molecule has 0 heterocycles. The third-order valence-corrected chi connectivity index (χ3v) is 20.3. The fraction of sp³-hybridized carbons (Fsp3) is 1.00. The van der Waals surface area contributed by atoms with E-state index in [-0.39, 0.29) is 0 Å². The lowest BCUT2D eigenvalue weighted by atomic mass is 10.4. The molecule has 2 atom stereocenters. The van der Waals surface area contributed by atoms with Crippen molar-refractivity contribution in [1.82, 2.24) is 14.7 Å². The van der Waals surface area contributed by atoms with Gasteiger partial charge in [0, 0.05) is 13.2 Å². The maximum absolute atomic E-state index is 7.22. The summed E-state index contributed by atoms with van der Waals surface area (Å²) in [6, 6.07) is 3.00. The Kier molecular flexibility index (Phi) is 21.3. The van der Waals surface area contributed by atoms with E-state index in [0.717, 1.165) is 96.3 Å². The lowest BCUT2D eigenvalue weighted by Gasteiger charge is -2.42. The lowest BCUT2D eigenvalue weighted by molar-refractivity contribution is 0.199. The highest BCUT2D eigenvalue weighted by Gasteiger charge is 2.47. The third-order valence-electron chi connectivity index (χ3n) is 7.76. The van der Waals surface area contributed by atoms with Crippen molar-refractivity contribution in [3.63, 3.8) is 0 Å². The Bertz CT molecular complexity index is 533. The molecule has 0 aliphatic rings. The van der Waals surface area contributed by atoms with Gasteiger partial charge >= 0.3 is 25.7 Å². The first-order chi connectivity index (χ1) is 18.0. The van der Waals surface area contributed by atoms with E-state index in [2.05, 4.69) is 89.7 Å². The smallest absolute Gasteiger partial charge is 0.326 e. The van der Waals surface area contributed by atoms with Crippen molar-refractivity contribution in [2.45, 2.75) is 112 Å². The van der Waals surface area contributed by atoms with Crippen molar-refractivity contribution >= 4 is 25.7 Å². The Morgan fingerprint density at radius 1 is 0.421 bits per heavy atom. The molecular weight excluding hydrogens is 527 g/mol. The summed E-state index contributed by atoms with van der Waals surface area (Å²) in [5, 5.41) is 0. The minimum Gasteiger partial charge on any atom is -0.415 e. The van der Waals surface area contributed by atoms with Crippen LogP contribution in [-0.2, 0) is 17.1 Å². The molecule has 0 spiro atoms. The highest BCUT2D eigenvalue weighted by atomic mass is 28.5. The van der Waals surface area contributed by atoms with Crippen molar-refractivity contribution in [2.24, 2.45) is 0 Å². The van der Waals surface area contributed by atoms with Crippen molar-refractivity contribution in [3.8, 4) is 0 Å². The summed E-state index contributed by atoms with van der Waals surface area (Å²) in [5.41, 5.74) is 0. The summed E-state index contributed by atoms with van der Waals surface area (Å²) in [7, 11) is -7.35. The highest BCUT2D eigenvalue weighted by Crippen LogP contribution is 2.31. The SMILES string of the molecule is CCO[Si](C)(CCCN(CC)CC)O[Si](C)(CCCN(CC)CC)O[Si](C)(CCCN(CC)CC)OCC. The van der Waals surface area contributed by atoms with E-state index >= 15 is 0 Å². The van der Waals surface area contributed by atoms with Crippen LogP contribution in [0.1, 0.15) is 74.7 Å². The van der Waals surface area contributed by atoms with Gasteiger partial charge in [-0.2, -0.15) is 0 Å². The zero-order valence-electron chi connectivity index (χ0n) is 27.5. The van der Waals surface area contributed by atoms with Gasteiger partial charge < -0.3 is 31.8 Å². The molecule has 0 aliphatic carbocycles. The molecule has 0 saturated carbocycles. The predicted molar refractivity (Wildman–Crippen MR) is 172 cm³/mol. The quantitative estimate of drug-likeness (QED) is 0.106. The standard InChI is InChI=1S/C28H67N3O4Si3/c1-12-29(13-2)23-20-26-36(9,32-18-7)34-38(11,28-22-25-31(16-5)17-6)35-37(10,33-19-8)27-21-24-30(14-3)15-4/h12-28H2,1-11H3. The Morgan fingerprint density at radius 2 is 0.684 bits per heavy atom. The molecule has 0 rings (SSSR count). The molecule has 0 N–H and O–H groups in total. The van der Waals surface area contributed by atoms with Crippen LogP contribution in [0.3, 0.4) is 0 Å². The van der Waals surface area contributed by atoms with E-state index in [1.165, 1.54) is 0 Å². The summed E-state index contributed by atoms with van der Waals surface area (Å²) < 4.78 is 27.4. The molecule has 2 unspecified atom stereocenters. The van der Waals surface area contributed by atoms with E-state index in [9.17, 15) is 0 Å². The predicted octanol–water partition coefficient (Wildman–Crippen LogP) is 6.50. The number of rotatable bonds is 26. The molecule has 0 aromatic heterocycles. The summed E-state index contributed by atoms with van der Waals surface area (Å²) in [6.45, 7) is 35.8. The second kappa shape index (κ2) is 21.1. The van der Waals surface area contributed by atoms with Gasteiger partial charge in [0.1, 0.15) is 0 Å². The van der Waals surface area contributed by atoms with Gasteiger partial charge in [-0.05, 0) is 130 Å². The maximum Gasteiger partial charge on any atom is 0.326 e. The van der Waals surface area contributed by atoms with Crippen LogP contribution >= 0.6 is 0 Å². The summed E-state index contributed by atoms with van der Waals surface area (Å²) >= 11 is 0. The minimum atomic E-state index is -2.56. The van der Waals surface area contributed by atoms with E-state index in [1.54, 1.807) is 0 Å². The second-order valence-corrected chi connectivity index (χ2v) is 21.4. The van der Waals surface area contributed by atoms with Crippen molar-refractivity contribution in [2.75, 3.05) is 72.1 Å². The van der Waals surface area contributed by atoms with Crippen molar-refractivity contribution < 1.29 is 17.1 Å². The van der Waals surface area contributed by atoms with Crippen LogP contribution in [0.4, 0.5) is 0 Å². The van der Waals surface area contributed by atoms with E-state index in [4.69, 9.17) is 17.1 Å². The number of hydrogen-bond acceptors (Lipinski definition) is 7. The monoisotopic (exact) mass is 593 g/mol. The third kappa shape index (κ3) is 16.0. The average molecular weight is 594 g/mol. The minimum absolute atomic E-state index is 0.696. The molecular formula is C28H67N3O4Si3. The molecule has 0 aromatic carbocycles. The van der Waals surface area contributed by atoms with Crippen LogP contribution in [0, 0.1) is 0 Å². The molecule has 38 heavy (non-hydrogen) atoms. The molecule has 0 aliphatic heterocycles. The molecule has 230 valence electrons. The van der Waals surface area contributed by atoms with E-state index in [1.807, 2.05) is 0 Å². The van der Waals surface area contributed by atoms with Gasteiger partial charge in [0.05, 0.1) is 0 Å². The van der Waals surface area contributed by atoms with Crippen LogP contribution < -0.4 is 0 Å². The first-order valence-corrected chi connectivity index (χ1v) is 23.4. The topological polar surface area (TPSA) is 46.6 Å². The molecule has 0 bridgehead atoms. The van der Waals surface area contributed by atoms with E-state index in [0.29, 0.717) is 13.2 Å². The maximum atomic E-state index is 7.22. The van der Waals surface area contributed by atoms with Crippen LogP contribution in [0.2, 0.25) is 37.8 Å². The Morgan fingerprint density at radius 3 is 0.921 bits per heavy atom. The summed E-state index contributed by atoms with van der Waals surface area (Å²) in [4.78, 5) is 7.49. The van der Waals surface area contributed by atoms with Gasteiger partial charge in [0.25, 0.3) is 0 Å². The summed E-state index contributed by atoms with van der Waals surface area (Å²) in [6.07, 6.45) is 3.31. The largest absolute Gasteiger partial charge is 0.415 e. The zero-order chi connectivity index (χ0) is 29.1. The molecule has 0 amide bonds. The molecule has 7 nitrogen and oxygen atoms in total. The van der Waals surface area contributed by atoms with Crippen LogP contribution in [0.5, 0.6) is 0 Å². The molecule has 10 heteroatoms. The normalized spacial score (nSPS) is 17.2. The van der Waals surface area contributed by atoms with Crippen molar-refractivity contribution in [1.29, 1.82) is 0 Å². The van der Waals surface area contributed by atoms with Gasteiger partial charge in [0.2, 0.25) is 0 Å². The Balaban J connectivity index is 5.78. The van der Waals surface area contributed by atoms with Gasteiger partial charge in [-0.15, -0.1) is 0 Å². The molecule has 0 fully saturated rings. The lowest BCUT2D eigenvalue weighted by Crippen LogP contribution is -2.58. The molecule has 0 saturated heterocycles. The fourth-order valence-electron chi connectivity index (χ4n) is 5.44. The average Bonchev–Trinajstić information content (AvgIpc) is 2.87. The van der Waals surface area contributed by atoms with Crippen molar-refractivity contribution in [3.05, 3.63) is 0 Å². The van der Waals surface area contributed by atoms with Crippen LogP contribution in [0.15, 0.2) is 0 Å². The Labute approximate surface area is 241 Å². The number of nitrogens with zero attached hydrogens (tertiary/aromatic N) is 3. The zero-order valence-corrected chi connectivity index (χ0v) is 30.5. The first-order valence-electron chi connectivity index (χ1n) is 15.9. The second-order valence-electron chi connectivity index (χ2n) is 10.9. The van der Waals surface area contributed by atoms with E-state index < -0.39 is 25.7 Å². The van der Waals surface area contributed by atoms with Crippen LogP contribution in [-0.4, -0.2) is 112 Å².